The molecule has 22 heavy (non-hydrogen) atoms. The Kier molecular flexibility index (Phi) is 5.26. The molecule has 0 aromatic heterocycles. The van der Waals surface area contributed by atoms with Crippen LogP contribution >= 0.6 is 11.6 Å². The summed E-state index contributed by atoms with van der Waals surface area (Å²) in [5.74, 6) is -0.190. The molecule has 2 rings (SSSR count). The topological polar surface area (TPSA) is 66.5 Å². The summed E-state index contributed by atoms with van der Waals surface area (Å²) in [6.45, 7) is 2.29. The lowest BCUT2D eigenvalue weighted by molar-refractivity contribution is -0.111. The van der Waals surface area contributed by atoms with Crippen LogP contribution in [-0.2, 0) is 14.8 Å². The first-order valence-electron chi connectivity index (χ1n) is 6.84. The van der Waals surface area contributed by atoms with E-state index in [0.717, 1.165) is 0 Å². The van der Waals surface area contributed by atoms with Crippen LogP contribution in [0.15, 0.2) is 42.5 Å². The third kappa shape index (κ3) is 3.90. The van der Waals surface area contributed by atoms with E-state index in [9.17, 15) is 13.2 Å². The van der Waals surface area contributed by atoms with E-state index in [0.29, 0.717) is 29.4 Å². The zero-order valence-electron chi connectivity index (χ0n) is 12.1. The van der Waals surface area contributed by atoms with Crippen molar-refractivity contribution in [2.24, 2.45) is 0 Å². The molecule has 5 nitrogen and oxygen atoms in total. The monoisotopic (exact) mass is 340 g/mol. The van der Waals surface area contributed by atoms with Crippen molar-refractivity contribution in [3.8, 4) is 0 Å². The number of benzene rings is 1. The van der Waals surface area contributed by atoms with Crippen molar-refractivity contribution in [3.63, 3.8) is 0 Å². The Bertz CT molecular complexity index is 726. The number of halogens is 1. The van der Waals surface area contributed by atoms with Gasteiger partial charge < -0.3 is 5.32 Å². The molecular formula is C15H17ClN2O3S. The number of rotatable bonds is 4. The molecule has 1 amide bonds. The first kappa shape index (κ1) is 16.6. The molecule has 1 aliphatic heterocycles. The molecule has 0 unspecified atom stereocenters. The average Bonchev–Trinajstić information content (AvgIpc) is 2.81. The highest BCUT2D eigenvalue weighted by atomic mass is 35.5. The van der Waals surface area contributed by atoms with Crippen LogP contribution in [0.5, 0.6) is 0 Å². The van der Waals surface area contributed by atoms with E-state index in [1.165, 1.54) is 10.4 Å². The van der Waals surface area contributed by atoms with Gasteiger partial charge in [-0.25, -0.2) is 8.42 Å². The third-order valence-corrected chi connectivity index (χ3v) is 5.35. The predicted octanol–water partition coefficient (Wildman–Crippen LogP) is 2.95. The SMILES string of the molecule is CC=CC=CC(=O)Nc1cc(N2CCCS2(=O)=O)ccc1Cl. The van der Waals surface area contributed by atoms with Crippen LogP contribution in [0.1, 0.15) is 13.3 Å². The van der Waals surface area contributed by atoms with Gasteiger partial charge in [-0.2, -0.15) is 0 Å². The number of nitrogens with one attached hydrogen (secondary N) is 1. The normalized spacial score (nSPS) is 17.5. The highest BCUT2D eigenvalue weighted by molar-refractivity contribution is 7.93. The van der Waals surface area contributed by atoms with Crippen LogP contribution in [0.4, 0.5) is 11.4 Å². The van der Waals surface area contributed by atoms with Crippen molar-refractivity contribution in [2.75, 3.05) is 21.9 Å². The van der Waals surface area contributed by atoms with Crippen molar-refractivity contribution in [2.45, 2.75) is 13.3 Å². The fourth-order valence-corrected chi connectivity index (χ4v) is 3.84. The first-order chi connectivity index (χ1) is 10.4. The maximum atomic E-state index is 11.9. The summed E-state index contributed by atoms with van der Waals surface area (Å²) in [5, 5.41) is 3.00. The van der Waals surface area contributed by atoms with Crippen molar-refractivity contribution in [1.29, 1.82) is 0 Å². The summed E-state index contributed by atoms with van der Waals surface area (Å²) >= 11 is 6.06. The molecule has 0 spiro atoms. The number of carbonyl (C=O) groups excluding carboxylic acids is 1. The molecule has 0 radical (unpaired) electrons. The summed E-state index contributed by atoms with van der Waals surface area (Å²) < 4.78 is 25.2. The van der Waals surface area contributed by atoms with E-state index in [1.54, 1.807) is 36.4 Å². The van der Waals surface area contributed by atoms with E-state index in [1.807, 2.05) is 6.92 Å². The lowest BCUT2D eigenvalue weighted by Gasteiger charge is -2.18. The Labute approximate surface area is 135 Å². The van der Waals surface area contributed by atoms with Gasteiger partial charge in [0, 0.05) is 12.6 Å². The number of sulfonamides is 1. The van der Waals surface area contributed by atoms with E-state index in [4.69, 9.17) is 11.6 Å². The highest BCUT2D eigenvalue weighted by Gasteiger charge is 2.28. The third-order valence-electron chi connectivity index (χ3n) is 3.15. The second kappa shape index (κ2) is 6.98. The van der Waals surface area contributed by atoms with Gasteiger partial charge in [-0.3, -0.25) is 9.10 Å². The smallest absolute Gasteiger partial charge is 0.248 e. The van der Waals surface area contributed by atoms with Crippen LogP contribution < -0.4 is 9.62 Å². The summed E-state index contributed by atoms with van der Waals surface area (Å²) in [4.78, 5) is 11.8. The lowest BCUT2D eigenvalue weighted by atomic mass is 10.2. The fourth-order valence-electron chi connectivity index (χ4n) is 2.12. The Hall–Kier alpha value is -1.79. The molecule has 1 saturated heterocycles. The molecule has 1 N–H and O–H groups in total. The maximum Gasteiger partial charge on any atom is 0.248 e. The lowest BCUT2D eigenvalue weighted by Crippen LogP contribution is -2.25. The van der Waals surface area contributed by atoms with Crippen molar-refractivity contribution < 1.29 is 13.2 Å². The number of hydrogen-bond acceptors (Lipinski definition) is 3. The largest absolute Gasteiger partial charge is 0.321 e. The minimum atomic E-state index is -3.26. The Morgan fingerprint density at radius 2 is 2.14 bits per heavy atom. The minimum absolute atomic E-state index is 0.142. The van der Waals surface area contributed by atoms with Crippen LogP contribution in [0.3, 0.4) is 0 Å². The van der Waals surface area contributed by atoms with Crippen molar-refractivity contribution >= 4 is 38.9 Å². The molecule has 1 aliphatic rings. The Morgan fingerprint density at radius 1 is 1.36 bits per heavy atom. The van der Waals surface area contributed by atoms with E-state index >= 15 is 0 Å². The zero-order chi connectivity index (χ0) is 16.2. The van der Waals surface area contributed by atoms with Gasteiger partial charge in [0.1, 0.15) is 0 Å². The molecule has 1 heterocycles. The van der Waals surface area contributed by atoms with Gasteiger partial charge in [-0.1, -0.05) is 29.8 Å². The number of allylic oxidation sites excluding steroid dienone is 3. The summed E-state index contributed by atoms with van der Waals surface area (Å²) in [7, 11) is -3.26. The number of anilines is 2. The Balaban J connectivity index is 2.22. The molecule has 0 aliphatic carbocycles. The standard InChI is InChI=1S/C15H17ClN2O3S/c1-2-3-4-6-15(19)17-14-11-12(7-8-13(14)16)18-9-5-10-22(18,20)21/h2-4,6-8,11H,5,9-10H2,1H3,(H,17,19). The summed E-state index contributed by atoms with van der Waals surface area (Å²) in [6, 6.07) is 4.79. The highest BCUT2D eigenvalue weighted by Crippen LogP contribution is 2.31. The van der Waals surface area contributed by atoms with Crippen LogP contribution in [-0.4, -0.2) is 26.6 Å². The minimum Gasteiger partial charge on any atom is -0.321 e. The van der Waals surface area contributed by atoms with Gasteiger partial charge in [0.15, 0.2) is 0 Å². The molecule has 1 fully saturated rings. The number of nitrogens with zero attached hydrogens (tertiary/aromatic N) is 1. The number of hydrogen-bond donors (Lipinski definition) is 1. The van der Waals surface area contributed by atoms with Gasteiger partial charge >= 0.3 is 0 Å². The maximum absolute atomic E-state index is 11.9. The Morgan fingerprint density at radius 3 is 2.77 bits per heavy atom. The molecule has 7 heteroatoms. The van der Waals surface area contributed by atoms with Gasteiger partial charge in [-0.05, 0) is 31.5 Å². The van der Waals surface area contributed by atoms with Gasteiger partial charge in [0.05, 0.1) is 22.2 Å². The molecule has 1 aromatic carbocycles. The predicted molar refractivity (Wildman–Crippen MR) is 89.8 cm³/mol. The molecule has 0 saturated carbocycles. The number of carbonyl (C=O) groups is 1. The molecule has 118 valence electrons. The van der Waals surface area contributed by atoms with Crippen LogP contribution in [0, 0.1) is 0 Å². The second-order valence-electron chi connectivity index (χ2n) is 4.78. The first-order valence-corrected chi connectivity index (χ1v) is 8.83. The van der Waals surface area contributed by atoms with E-state index in [2.05, 4.69) is 5.32 Å². The quantitative estimate of drug-likeness (QED) is 0.677. The molecule has 1 aromatic rings. The van der Waals surface area contributed by atoms with Gasteiger partial charge in [0.2, 0.25) is 15.9 Å². The fraction of sp³-hybridized carbons (Fsp3) is 0.267. The molecular weight excluding hydrogens is 324 g/mol. The second-order valence-corrected chi connectivity index (χ2v) is 7.20. The van der Waals surface area contributed by atoms with Crippen molar-refractivity contribution in [3.05, 3.63) is 47.5 Å². The molecule has 0 atom stereocenters. The zero-order valence-corrected chi connectivity index (χ0v) is 13.7. The number of amides is 1. The van der Waals surface area contributed by atoms with E-state index < -0.39 is 10.0 Å². The van der Waals surface area contributed by atoms with Crippen LogP contribution in [0.25, 0.3) is 0 Å². The summed E-state index contributed by atoms with van der Waals surface area (Å²) in [5.41, 5.74) is 0.894. The molecule has 0 bridgehead atoms. The van der Waals surface area contributed by atoms with Gasteiger partial charge in [0.25, 0.3) is 0 Å². The van der Waals surface area contributed by atoms with E-state index in [-0.39, 0.29) is 11.7 Å². The average molecular weight is 341 g/mol. The van der Waals surface area contributed by atoms with Crippen molar-refractivity contribution in [1.82, 2.24) is 0 Å². The van der Waals surface area contributed by atoms with Crippen LogP contribution in [0.2, 0.25) is 5.02 Å². The summed E-state index contributed by atoms with van der Waals surface area (Å²) in [6.07, 6.45) is 7.11. The van der Waals surface area contributed by atoms with Gasteiger partial charge in [-0.15, -0.1) is 0 Å².